The Balaban J connectivity index is 1.74. The molecule has 0 spiro atoms. The molecule has 0 radical (unpaired) electrons. The van der Waals surface area contributed by atoms with Gasteiger partial charge in [0.1, 0.15) is 0 Å². The maximum Gasteiger partial charge on any atom is 0.259 e. The van der Waals surface area contributed by atoms with Gasteiger partial charge in [-0.05, 0) is 38.6 Å². The van der Waals surface area contributed by atoms with Crippen molar-refractivity contribution in [3.63, 3.8) is 0 Å². The van der Waals surface area contributed by atoms with E-state index < -0.39 is 0 Å². The first-order valence-electron chi connectivity index (χ1n) is 9.27. The van der Waals surface area contributed by atoms with Crippen LogP contribution in [0, 0.1) is 6.92 Å². The van der Waals surface area contributed by atoms with Crippen LogP contribution in [0.4, 0.5) is 0 Å². The van der Waals surface area contributed by atoms with Crippen molar-refractivity contribution in [2.45, 2.75) is 33.2 Å². The van der Waals surface area contributed by atoms with Crippen LogP contribution in [-0.2, 0) is 6.54 Å². The van der Waals surface area contributed by atoms with Gasteiger partial charge in [-0.25, -0.2) is 4.98 Å². The van der Waals surface area contributed by atoms with Crippen LogP contribution in [0.25, 0.3) is 33.9 Å². The Morgan fingerprint density at radius 2 is 1.75 bits per heavy atom. The van der Waals surface area contributed by atoms with Crippen molar-refractivity contribution in [2.75, 3.05) is 14.1 Å². The minimum atomic E-state index is 0.191. The Labute approximate surface area is 163 Å². The molecule has 0 bridgehead atoms. The van der Waals surface area contributed by atoms with E-state index in [-0.39, 0.29) is 5.92 Å². The number of pyridine rings is 1. The maximum atomic E-state index is 5.60. The van der Waals surface area contributed by atoms with E-state index in [0.717, 1.165) is 34.4 Å². The Kier molecular flexibility index (Phi) is 4.68. The summed E-state index contributed by atoms with van der Waals surface area (Å²) in [4.78, 5) is 11.2. The number of nitrogens with zero attached hydrogens (tertiary/aromatic N) is 5. The van der Waals surface area contributed by atoms with Gasteiger partial charge in [0.05, 0.1) is 16.6 Å². The molecule has 0 N–H and O–H groups in total. The highest BCUT2D eigenvalue weighted by atomic mass is 16.5. The van der Waals surface area contributed by atoms with Crippen molar-refractivity contribution in [3.05, 3.63) is 47.3 Å². The SMILES string of the molecule is Cc1cc(-c2nc(-c3ccc(CN(C)C)cc3)no2)c2c(C(C)C)noc2n1. The molecule has 0 saturated heterocycles. The second-order valence-electron chi connectivity index (χ2n) is 7.57. The fraction of sp³-hybridized carbons (Fsp3) is 0.333. The summed E-state index contributed by atoms with van der Waals surface area (Å²) < 4.78 is 11.0. The molecule has 4 aromatic rings. The van der Waals surface area contributed by atoms with Crippen LogP contribution in [-0.4, -0.2) is 39.3 Å². The molecule has 28 heavy (non-hydrogen) atoms. The summed E-state index contributed by atoms with van der Waals surface area (Å²) in [6, 6.07) is 10.1. The lowest BCUT2D eigenvalue weighted by molar-refractivity contribution is 0.402. The van der Waals surface area contributed by atoms with Crippen molar-refractivity contribution in [1.82, 2.24) is 25.2 Å². The van der Waals surface area contributed by atoms with E-state index in [2.05, 4.69) is 51.2 Å². The van der Waals surface area contributed by atoms with Gasteiger partial charge in [-0.1, -0.05) is 48.4 Å². The number of hydrogen-bond donors (Lipinski definition) is 0. The lowest BCUT2D eigenvalue weighted by Crippen LogP contribution is -2.10. The van der Waals surface area contributed by atoms with Crippen molar-refractivity contribution >= 4 is 11.1 Å². The lowest BCUT2D eigenvalue weighted by Gasteiger charge is -2.09. The number of benzene rings is 1. The molecular weight excluding hydrogens is 354 g/mol. The van der Waals surface area contributed by atoms with Crippen LogP contribution in [0.5, 0.6) is 0 Å². The topological polar surface area (TPSA) is 81.1 Å². The zero-order valence-electron chi connectivity index (χ0n) is 16.7. The van der Waals surface area contributed by atoms with Crippen LogP contribution < -0.4 is 0 Å². The molecule has 1 aromatic carbocycles. The number of aryl methyl sites for hydroxylation is 1. The van der Waals surface area contributed by atoms with E-state index in [9.17, 15) is 0 Å². The van der Waals surface area contributed by atoms with E-state index in [1.165, 1.54) is 5.56 Å². The smallest absolute Gasteiger partial charge is 0.259 e. The summed E-state index contributed by atoms with van der Waals surface area (Å²) in [5.74, 6) is 1.18. The van der Waals surface area contributed by atoms with Gasteiger partial charge in [0.15, 0.2) is 0 Å². The fourth-order valence-electron chi connectivity index (χ4n) is 3.23. The van der Waals surface area contributed by atoms with Crippen molar-refractivity contribution in [1.29, 1.82) is 0 Å². The number of fused-ring (bicyclic) bond motifs is 1. The van der Waals surface area contributed by atoms with Crippen LogP contribution in [0.2, 0.25) is 0 Å². The first kappa shape index (κ1) is 18.3. The summed E-state index contributed by atoms with van der Waals surface area (Å²) in [6.07, 6.45) is 0. The third-order valence-electron chi connectivity index (χ3n) is 4.52. The van der Waals surface area contributed by atoms with E-state index in [4.69, 9.17) is 9.05 Å². The van der Waals surface area contributed by atoms with Gasteiger partial charge in [0, 0.05) is 17.8 Å². The van der Waals surface area contributed by atoms with Gasteiger partial charge in [-0.2, -0.15) is 4.98 Å². The second-order valence-corrected chi connectivity index (χ2v) is 7.57. The van der Waals surface area contributed by atoms with Crippen molar-refractivity contribution in [3.8, 4) is 22.8 Å². The van der Waals surface area contributed by atoms with Gasteiger partial charge < -0.3 is 13.9 Å². The van der Waals surface area contributed by atoms with E-state index in [1.807, 2.05) is 39.2 Å². The molecule has 0 unspecified atom stereocenters. The first-order chi connectivity index (χ1) is 13.4. The van der Waals surface area contributed by atoms with Crippen LogP contribution >= 0.6 is 0 Å². The van der Waals surface area contributed by atoms with Crippen LogP contribution in [0.1, 0.15) is 36.7 Å². The minimum absolute atomic E-state index is 0.191. The molecule has 3 aromatic heterocycles. The van der Waals surface area contributed by atoms with Gasteiger partial charge in [0.2, 0.25) is 5.82 Å². The highest BCUT2D eigenvalue weighted by Gasteiger charge is 2.22. The summed E-state index contributed by atoms with van der Waals surface area (Å²) in [7, 11) is 4.10. The average Bonchev–Trinajstić information content (AvgIpc) is 3.28. The molecule has 0 fully saturated rings. The van der Waals surface area contributed by atoms with Crippen LogP contribution in [0.3, 0.4) is 0 Å². The standard InChI is InChI=1S/C21H23N5O2/c1-12(2)18-17-16(10-13(3)22-21(17)28-24-18)20-23-19(25-27-20)15-8-6-14(7-9-15)11-26(4)5/h6-10,12H,11H2,1-5H3. The minimum Gasteiger partial charge on any atom is -0.335 e. The molecule has 0 aliphatic carbocycles. The molecule has 7 nitrogen and oxygen atoms in total. The summed E-state index contributed by atoms with van der Waals surface area (Å²) >= 11 is 0. The molecule has 0 saturated carbocycles. The summed E-state index contributed by atoms with van der Waals surface area (Å²) in [5, 5.41) is 9.20. The largest absolute Gasteiger partial charge is 0.335 e. The predicted molar refractivity (Wildman–Crippen MR) is 107 cm³/mol. The third-order valence-corrected chi connectivity index (χ3v) is 4.52. The maximum absolute atomic E-state index is 5.60. The van der Waals surface area contributed by atoms with E-state index in [0.29, 0.717) is 17.4 Å². The lowest BCUT2D eigenvalue weighted by atomic mass is 10.0. The second kappa shape index (κ2) is 7.16. The zero-order valence-corrected chi connectivity index (χ0v) is 16.7. The van der Waals surface area contributed by atoms with Gasteiger partial charge in [0.25, 0.3) is 11.6 Å². The van der Waals surface area contributed by atoms with Gasteiger partial charge in [-0.15, -0.1) is 0 Å². The van der Waals surface area contributed by atoms with Crippen molar-refractivity contribution in [2.24, 2.45) is 0 Å². The number of aromatic nitrogens is 4. The van der Waals surface area contributed by atoms with Crippen LogP contribution in [0.15, 0.2) is 39.4 Å². The molecule has 4 rings (SSSR count). The Bertz CT molecular complexity index is 1110. The molecular formula is C21H23N5O2. The zero-order chi connectivity index (χ0) is 19.8. The molecule has 3 heterocycles. The van der Waals surface area contributed by atoms with E-state index >= 15 is 0 Å². The Morgan fingerprint density at radius 1 is 1.00 bits per heavy atom. The van der Waals surface area contributed by atoms with Crippen molar-refractivity contribution < 1.29 is 9.05 Å². The molecule has 0 aliphatic heterocycles. The molecule has 144 valence electrons. The van der Waals surface area contributed by atoms with Gasteiger partial charge >= 0.3 is 0 Å². The fourth-order valence-corrected chi connectivity index (χ4v) is 3.23. The highest BCUT2D eigenvalue weighted by molar-refractivity contribution is 5.92. The first-order valence-corrected chi connectivity index (χ1v) is 9.27. The number of rotatable bonds is 5. The van der Waals surface area contributed by atoms with E-state index in [1.54, 1.807) is 0 Å². The Morgan fingerprint density at radius 3 is 2.43 bits per heavy atom. The monoisotopic (exact) mass is 377 g/mol. The average molecular weight is 377 g/mol. The normalized spacial score (nSPS) is 11.8. The Hall–Kier alpha value is -3.06. The predicted octanol–water partition coefficient (Wildman–Crippen LogP) is 4.43. The number of hydrogen-bond acceptors (Lipinski definition) is 7. The molecule has 7 heteroatoms. The summed E-state index contributed by atoms with van der Waals surface area (Å²) in [5.41, 5.74) is 5.08. The highest BCUT2D eigenvalue weighted by Crippen LogP contribution is 2.34. The summed E-state index contributed by atoms with van der Waals surface area (Å²) in [6.45, 7) is 6.92. The molecule has 0 atom stereocenters. The third kappa shape index (κ3) is 3.41. The quantitative estimate of drug-likeness (QED) is 0.509. The molecule has 0 amide bonds. The van der Waals surface area contributed by atoms with Gasteiger partial charge in [-0.3, -0.25) is 0 Å². The molecule has 0 aliphatic rings.